The number of anilines is 1. The number of nitrogens with zero attached hydrogens (tertiary/aromatic N) is 1. The number of hydrogen-bond acceptors (Lipinski definition) is 5. The van der Waals surface area contributed by atoms with Gasteiger partial charge in [-0.25, -0.2) is 0 Å². The van der Waals surface area contributed by atoms with E-state index in [1.165, 1.54) is 16.7 Å². The van der Waals surface area contributed by atoms with Crippen LogP contribution in [-0.2, 0) is 9.53 Å². The van der Waals surface area contributed by atoms with E-state index in [1.807, 2.05) is 10.9 Å². The highest BCUT2D eigenvalue weighted by molar-refractivity contribution is 8.00. The lowest BCUT2D eigenvalue weighted by Gasteiger charge is -2.36. The number of carbonyl (C=O) groups excluding carboxylic acids is 1. The van der Waals surface area contributed by atoms with Crippen molar-refractivity contribution in [3.05, 3.63) is 45.7 Å². The van der Waals surface area contributed by atoms with Crippen LogP contribution in [0.2, 0.25) is 0 Å². The zero-order valence-electron chi connectivity index (χ0n) is 16.3. The highest BCUT2D eigenvalue weighted by Crippen LogP contribution is 2.42. The number of rotatable bonds is 3. The van der Waals surface area contributed by atoms with Crippen molar-refractivity contribution in [2.75, 3.05) is 23.9 Å². The van der Waals surface area contributed by atoms with E-state index in [1.54, 1.807) is 11.8 Å². The van der Waals surface area contributed by atoms with Crippen LogP contribution in [-0.4, -0.2) is 39.9 Å². The Morgan fingerprint density at radius 1 is 1.25 bits per heavy atom. The summed E-state index contributed by atoms with van der Waals surface area (Å²) in [4.78, 5) is 26.6. The fourth-order valence-corrected chi connectivity index (χ4v) is 5.51. The van der Waals surface area contributed by atoms with E-state index in [9.17, 15) is 9.59 Å². The van der Waals surface area contributed by atoms with E-state index >= 15 is 0 Å². The molecule has 0 saturated carbocycles. The first-order chi connectivity index (χ1) is 13.4. The molecule has 0 radical (unpaired) electrons. The number of benzene rings is 1. The van der Waals surface area contributed by atoms with Gasteiger partial charge in [0.15, 0.2) is 0 Å². The molecule has 150 valence electrons. The number of nitrogens with one attached hydrogen (secondary N) is 2. The Morgan fingerprint density at radius 2 is 2.00 bits per heavy atom. The van der Waals surface area contributed by atoms with Crippen molar-refractivity contribution in [3.8, 4) is 0 Å². The van der Waals surface area contributed by atoms with E-state index in [-0.39, 0.29) is 28.4 Å². The van der Waals surface area contributed by atoms with Gasteiger partial charge < -0.3 is 10.1 Å². The molecule has 1 fully saturated rings. The predicted octanol–water partition coefficient (Wildman–Crippen LogP) is 3.80. The van der Waals surface area contributed by atoms with Gasteiger partial charge in [-0.05, 0) is 50.6 Å². The number of amides is 1. The first-order valence-corrected chi connectivity index (χ1v) is 11.7. The fourth-order valence-electron chi connectivity index (χ4n) is 3.98. The van der Waals surface area contributed by atoms with Gasteiger partial charge >= 0.3 is 0 Å². The second-order valence-electron chi connectivity index (χ2n) is 7.84. The minimum absolute atomic E-state index is 0.0754. The quantitative estimate of drug-likeness (QED) is 0.740. The first-order valence-electron chi connectivity index (χ1n) is 9.42. The molecule has 2 aliphatic heterocycles. The summed E-state index contributed by atoms with van der Waals surface area (Å²) in [6.07, 6.45) is 3.62. The Labute approximate surface area is 172 Å². The lowest BCUT2D eigenvalue weighted by atomic mass is 9.94. The van der Waals surface area contributed by atoms with Crippen LogP contribution in [0.25, 0.3) is 0 Å². The number of fused-ring (bicyclic) bond motifs is 1. The van der Waals surface area contributed by atoms with Gasteiger partial charge in [-0.15, -0.1) is 23.5 Å². The zero-order chi connectivity index (χ0) is 19.9. The second kappa shape index (κ2) is 7.65. The topological polar surface area (TPSA) is 76.1 Å². The van der Waals surface area contributed by atoms with Crippen molar-refractivity contribution in [3.63, 3.8) is 0 Å². The van der Waals surface area contributed by atoms with Crippen LogP contribution in [0.4, 0.5) is 5.82 Å². The summed E-state index contributed by atoms with van der Waals surface area (Å²) < 4.78 is 7.70. The van der Waals surface area contributed by atoms with Gasteiger partial charge in [-0.2, -0.15) is 0 Å². The minimum atomic E-state index is -0.256. The Kier molecular flexibility index (Phi) is 5.37. The summed E-state index contributed by atoms with van der Waals surface area (Å²) in [5.74, 6) is 0.859. The molecule has 1 saturated heterocycles. The van der Waals surface area contributed by atoms with Crippen LogP contribution in [0, 0.1) is 0 Å². The maximum absolute atomic E-state index is 13.0. The molecule has 2 N–H and O–H groups in total. The minimum Gasteiger partial charge on any atom is -0.375 e. The molecule has 0 unspecified atom stereocenters. The standard InChI is InChI=1S/C20H25N3O3S2/c1-20(2)10-13(8-9-26-20)23-18-16(19(25)22-23)17(28-11-15(24)21-18)12-4-6-14(27-3)7-5-12/h4-7,13,17H,8-11H2,1-3H3,(H,21,24)(H,22,25)/t13-,17-/m0/s1. The summed E-state index contributed by atoms with van der Waals surface area (Å²) in [5, 5.41) is 5.81. The second-order valence-corrected chi connectivity index (χ2v) is 9.81. The summed E-state index contributed by atoms with van der Waals surface area (Å²) in [6.45, 7) is 4.75. The molecular formula is C20H25N3O3S2. The van der Waals surface area contributed by atoms with Gasteiger partial charge in [-0.1, -0.05) is 12.1 Å². The largest absolute Gasteiger partial charge is 0.375 e. The highest BCUT2D eigenvalue weighted by Gasteiger charge is 2.35. The molecule has 1 aromatic carbocycles. The molecule has 2 aliphatic rings. The SMILES string of the molecule is CSc1ccc([C@@H]2SCC(=O)Nc3c2c(=O)[nH]n3[C@H]2CCOC(C)(C)C2)cc1. The third-order valence-corrected chi connectivity index (χ3v) is 7.33. The average molecular weight is 420 g/mol. The monoisotopic (exact) mass is 419 g/mol. The molecule has 2 aromatic rings. The summed E-state index contributed by atoms with van der Waals surface area (Å²) >= 11 is 3.18. The first kappa shape index (κ1) is 19.7. The molecule has 1 amide bonds. The van der Waals surface area contributed by atoms with Gasteiger partial charge in [-0.3, -0.25) is 19.4 Å². The number of H-pyrrole nitrogens is 1. The van der Waals surface area contributed by atoms with E-state index in [0.717, 1.165) is 18.4 Å². The summed E-state index contributed by atoms with van der Waals surface area (Å²) in [5.41, 5.74) is 1.29. The number of hydrogen-bond donors (Lipinski definition) is 2. The average Bonchev–Trinajstić information content (AvgIpc) is 2.87. The molecule has 8 heteroatoms. The number of carbonyl (C=O) groups is 1. The van der Waals surface area contributed by atoms with E-state index in [2.05, 4.69) is 48.5 Å². The molecule has 6 nitrogen and oxygen atoms in total. The maximum Gasteiger partial charge on any atom is 0.270 e. The van der Waals surface area contributed by atoms with Crippen molar-refractivity contribution in [1.82, 2.24) is 9.78 Å². The van der Waals surface area contributed by atoms with Gasteiger partial charge in [0.05, 0.1) is 28.2 Å². The van der Waals surface area contributed by atoms with E-state index in [0.29, 0.717) is 23.7 Å². The Hall–Kier alpha value is -1.64. The van der Waals surface area contributed by atoms with Crippen molar-refractivity contribution < 1.29 is 9.53 Å². The Bertz CT molecular complexity index is 933. The van der Waals surface area contributed by atoms with Crippen molar-refractivity contribution in [1.29, 1.82) is 0 Å². The van der Waals surface area contributed by atoms with Crippen molar-refractivity contribution in [2.24, 2.45) is 0 Å². The molecular weight excluding hydrogens is 394 g/mol. The van der Waals surface area contributed by atoms with Crippen molar-refractivity contribution in [2.45, 2.75) is 48.5 Å². The molecule has 3 heterocycles. The normalized spacial score (nSPS) is 24.3. The number of aromatic nitrogens is 2. The Morgan fingerprint density at radius 3 is 2.68 bits per heavy atom. The summed E-state index contributed by atoms with van der Waals surface area (Å²) in [6, 6.07) is 8.32. The lowest BCUT2D eigenvalue weighted by Crippen LogP contribution is -2.36. The highest BCUT2D eigenvalue weighted by atomic mass is 32.2. The molecule has 28 heavy (non-hydrogen) atoms. The van der Waals surface area contributed by atoms with Gasteiger partial charge in [0, 0.05) is 11.5 Å². The van der Waals surface area contributed by atoms with Crippen LogP contribution in [0.3, 0.4) is 0 Å². The third-order valence-electron chi connectivity index (χ3n) is 5.32. The van der Waals surface area contributed by atoms with Crippen LogP contribution in [0.15, 0.2) is 34.0 Å². The number of ether oxygens (including phenoxy) is 1. The molecule has 2 atom stereocenters. The van der Waals surface area contributed by atoms with Crippen molar-refractivity contribution >= 4 is 35.2 Å². The molecule has 1 aromatic heterocycles. The lowest BCUT2D eigenvalue weighted by molar-refractivity contribution is -0.113. The zero-order valence-corrected chi connectivity index (χ0v) is 17.9. The third kappa shape index (κ3) is 3.77. The van der Waals surface area contributed by atoms with Crippen LogP contribution in [0.1, 0.15) is 49.1 Å². The van der Waals surface area contributed by atoms with Crippen LogP contribution in [0.5, 0.6) is 0 Å². The van der Waals surface area contributed by atoms with E-state index < -0.39 is 0 Å². The Balaban J connectivity index is 1.77. The van der Waals surface area contributed by atoms with Crippen LogP contribution >= 0.6 is 23.5 Å². The van der Waals surface area contributed by atoms with Gasteiger partial charge in [0.25, 0.3) is 5.56 Å². The van der Waals surface area contributed by atoms with E-state index in [4.69, 9.17) is 4.74 Å². The number of thioether (sulfide) groups is 2. The maximum atomic E-state index is 13.0. The van der Waals surface area contributed by atoms with Gasteiger partial charge in [0.2, 0.25) is 5.91 Å². The predicted molar refractivity (Wildman–Crippen MR) is 115 cm³/mol. The number of aromatic amines is 1. The smallest absolute Gasteiger partial charge is 0.270 e. The van der Waals surface area contributed by atoms with Crippen LogP contribution < -0.4 is 10.9 Å². The molecule has 0 aliphatic carbocycles. The fraction of sp³-hybridized carbons (Fsp3) is 0.500. The molecule has 0 spiro atoms. The van der Waals surface area contributed by atoms with Gasteiger partial charge in [0.1, 0.15) is 5.82 Å². The molecule has 0 bridgehead atoms. The summed E-state index contributed by atoms with van der Waals surface area (Å²) in [7, 11) is 0. The molecule has 4 rings (SSSR count).